The SMILES string of the molecule is C[C@H]1C[C@@H]1CNC(=O)C(=O)Nc1cccc2ncccc12. The molecule has 5 nitrogen and oxygen atoms in total. The van der Waals surface area contributed by atoms with Crippen molar-refractivity contribution in [2.75, 3.05) is 11.9 Å². The van der Waals surface area contributed by atoms with E-state index < -0.39 is 11.8 Å². The Morgan fingerprint density at radius 2 is 2.05 bits per heavy atom. The highest BCUT2D eigenvalue weighted by molar-refractivity contribution is 6.40. The summed E-state index contributed by atoms with van der Waals surface area (Å²) >= 11 is 0. The molecule has 1 saturated carbocycles. The first-order valence-electron chi connectivity index (χ1n) is 7.08. The molecule has 0 radical (unpaired) electrons. The summed E-state index contributed by atoms with van der Waals surface area (Å²) in [6, 6.07) is 9.08. The van der Waals surface area contributed by atoms with E-state index in [1.807, 2.05) is 12.1 Å². The molecule has 1 heterocycles. The number of nitrogens with one attached hydrogen (secondary N) is 2. The van der Waals surface area contributed by atoms with Gasteiger partial charge in [0.1, 0.15) is 0 Å². The Bertz CT molecular complexity index is 693. The van der Waals surface area contributed by atoms with Gasteiger partial charge in [-0.05, 0) is 42.5 Å². The number of fused-ring (bicyclic) bond motifs is 1. The maximum absolute atomic E-state index is 11.9. The molecule has 2 aromatic rings. The van der Waals surface area contributed by atoms with Crippen molar-refractivity contribution in [3.63, 3.8) is 0 Å². The van der Waals surface area contributed by atoms with Gasteiger partial charge in [0.2, 0.25) is 0 Å². The molecule has 1 aromatic heterocycles. The third kappa shape index (κ3) is 3.02. The molecule has 0 bridgehead atoms. The van der Waals surface area contributed by atoms with E-state index in [4.69, 9.17) is 0 Å². The predicted molar refractivity (Wildman–Crippen MR) is 80.7 cm³/mol. The van der Waals surface area contributed by atoms with Crippen LogP contribution in [-0.2, 0) is 9.59 Å². The zero-order valence-corrected chi connectivity index (χ0v) is 11.8. The topological polar surface area (TPSA) is 71.1 Å². The smallest absolute Gasteiger partial charge is 0.313 e. The molecule has 0 saturated heterocycles. The highest BCUT2D eigenvalue weighted by atomic mass is 16.2. The lowest BCUT2D eigenvalue weighted by Crippen LogP contribution is -2.36. The quantitative estimate of drug-likeness (QED) is 0.846. The number of hydrogen-bond donors (Lipinski definition) is 2. The van der Waals surface area contributed by atoms with E-state index in [0.29, 0.717) is 24.1 Å². The van der Waals surface area contributed by atoms with Crippen LogP contribution in [0.15, 0.2) is 36.5 Å². The molecule has 0 aliphatic heterocycles. The Balaban J connectivity index is 1.66. The Labute approximate surface area is 122 Å². The van der Waals surface area contributed by atoms with E-state index >= 15 is 0 Å². The summed E-state index contributed by atoms with van der Waals surface area (Å²) in [6.45, 7) is 2.71. The van der Waals surface area contributed by atoms with Crippen LogP contribution in [-0.4, -0.2) is 23.3 Å². The lowest BCUT2D eigenvalue weighted by Gasteiger charge is -2.08. The monoisotopic (exact) mass is 283 g/mol. The van der Waals surface area contributed by atoms with Crippen molar-refractivity contribution in [3.8, 4) is 0 Å². The van der Waals surface area contributed by atoms with Crippen LogP contribution < -0.4 is 10.6 Å². The zero-order chi connectivity index (χ0) is 14.8. The van der Waals surface area contributed by atoms with Crippen molar-refractivity contribution in [2.45, 2.75) is 13.3 Å². The Morgan fingerprint density at radius 3 is 2.81 bits per heavy atom. The number of carbonyl (C=O) groups excluding carboxylic acids is 2. The van der Waals surface area contributed by atoms with E-state index in [0.717, 1.165) is 17.3 Å². The first kappa shape index (κ1) is 13.5. The molecule has 1 aromatic carbocycles. The first-order chi connectivity index (χ1) is 10.1. The molecule has 2 N–H and O–H groups in total. The van der Waals surface area contributed by atoms with Gasteiger partial charge in [-0.3, -0.25) is 14.6 Å². The second-order valence-electron chi connectivity index (χ2n) is 5.51. The second-order valence-corrected chi connectivity index (χ2v) is 5.51. The van der Waals surface area contributed by atoms with Gasteiger partial charge in [0, 0.05) is 18.1 Å². The molecule has 3 rings (SSSR count). The number of carbonyl (C=O) groups is 2. The van der Waals surface area contributed by atoms with Crippen LogP contribution in [0.1, 0.15) is 13.3 Å². The number of amides is 2. The van der Waals surface area contributed by atoms with Gasteiger partial charge in [0.05, 0.1) is 11.2 Å². The normalized spacial score (nSPS) is 20.0. The minimum Gasteiger partial charge on any atom is -0.348 e. The van der Waals surface area contributed by atoms with Crippen LogP contribution >= 0.6 is 0 Å². The highest BCUT2D eigenvalue weighted by Gasteiger charge is 2.32. The summed E-state index contributed by atoms with van der Waals surface area (Å²) in [7, 11) is 0. The van der Waals surface area contributed by atoms with Crippen molar-refractivity contribution >= 4 is 28.4 Å². The maximum Gasteiger partial charge on any atom is 0.313 e. The summed E-state index contributed by atoms with van der Waals surface area (Å²) in [5.74, 6) is -0.0596. The van der Waals surface area contributed by atoms with Crippen molar-refractivity contribution in [1.82, 2.24) is 10.3 Å². The molecule has 2 atom stereocenters. The molecule has 2 amide bonds. The fraction of sp³-hybridized carbons (Fsp3) is 0.312. The average molecular weight is 283 g/mol. The van der Waals surface area contributed by atoms with Gasteiger partial charge in [-0.1, -0.05) is 13.0 Å². The van der Waals surface area contributed by atoms with Gasteiger partial charge in [-0.2, -0.15) is 0 Å². The van der Waals surface area contributed by atoms with Gasteiger partial charge in [0.25, 0.3) is 0 Å². The lowest BCUT2D eigenvalue weighted by molar-refractivity contribution is -0.136. The van der Waals surface area contributed by atoms with E-state index in [2.05, 4.69) is 22.5 Å². The molecule has 1 aliphatic carbocycles. The standard InChI is InChI=1S/C16H17N3O2/c1-10-8-11(10)9-18-15(20)16(21)19-14-6-2-5-13-12(14)4-3-7-17-13/h2-7,10-11H,8-9H2,1H3,(H,18,20)(H,19,21)/t10-,11+/m0/s1. The van der Waals surface area contributed by atoms with Crippen molar-refractivity contribution in [3.05, 3.63) is 36.5 Å². The molecule has 1 aliphatic rings. The molecule has 108 valence electrons. The first-order valence-corrected chi connectivity index (χ1v) is 7.08. The van der Waals surface area contributed by atoms with Gasteiger partial charge >= 0.3 is 11.8 Å². The van der Waals surface area contributed by atoms with Crippen molar-refractivity contribution in [2.24, 2.45) is 11.8 Å². The molecule has 5 heteroatoms. The molecule has 0 unspecified atom stereocenters. The number of nitrogens with zero attached hydrogens (tertiary/aromatic N) is 1. The molecular weight excluding hydrogens is 266 g/mol. The van der Waals surface area contributed by atoms with Crippen LogP contribution in [0.2, 0.25) is 0 Å². The van der Waals surface area contributed by atoms with Gasteiger partial charge in [0.15, 0.2) is 0 Å². The number of hydrogen-bond acceptors (Lipinski definition) is 3. The van der Waals surface area contributed by atoms with Crippen LogP contribution in [0.3, 0.4) is 0 Å². The number of benzene rings is 1. The van der Waals surface area contributed by atoms with Crippen LogP contribution in [0.5, 0.6) is 0 Å². The summed E-state index contributed by atoms with van der Waals surface area (Å²) in [5, 5.41) is 6.14. The van der Waals surface area contributed by atoms with E-state index in [9.17, 15) is 9.59 Å². The summed E-state index contributed by atoms with van der Waals surface area (Å²) in [6.07, 6.45) is 2.81. The van der Waals surface area contributed by atoms with Crippen LogP contribution in [0, 0.1) is 11.8 Å². The molecule has 0 spiro atoms. The van der Waals surface area contributed by atoms with Crippen LogP contribution in [0.25, 0.3) is 10.9 Å². The number of aromatic nitrogens is 1. The maximum atomic E-state index is 11.9. The second kappa shape index (κ2) is 5.52. The largest absolute Gasteiger partial charge is 0.348 e. The van der Waals surface area contributed by atoms with Crippen LogP contribution in [0.4, 0.5) is 5.69 Å². The van der Waals surface area contributed by atoms with Gasteiger partial charge in [-0.25, -0.2) is 0 Å². The summed E-state index contributed by atoms with van der Waals surface area (Å²) in [4.78, 5) is 27.9. The Hall–Kier alpha value is -2.43. The number of pyridine rings is 1. The third-order valence-corrected chi connectivity index (χ3v) is 3.90. The van der Waals surface area contributed by atoms with Gasteiger partial charge in [-0.15, -0.1) is 0 Å². The van der Waals surface area contributed by atoms with Crippen molar-refractivity contribution < 1.29 is 9.59 Å². The molecular formula is C16H17N3O2. The zero-order valence-electron chi connectivity index (χ0n) is 11.8. The Morgan fingerprint density at radius 1 is 1.24 bits per heavy atom. The Kier molecular flexibility index (Phi) is 3.56. The lowest BCUT2D eigenvalue weighted by atomic mass is 10.2. The minimum absolute atomic E-state index is 0.517. The van der Waals surface area contributed by atoms with E-state index in [-0.39, 0.29) is 0 Å². The van der Waals surface area contributed by atoms with Gasteiger partial charge < -0.3 is 10.6 Å². The van der Waals surface area contributed by atoms with Crippen molar-refractivity contribution in [1.29, 1.82) is 0 Å². The van der Waals surface area contributed by atoms with E-state index in [1.165, 1.54) is 0 Å². The highest BCUT2D eigenvalue weighted by Crippen LogP contribution is 2.36. The average Bonchev–Trinajstić information content (AvgIpc) is 3.21. The third-order valence-electron chi connectivity index (χ3n) is 3.90. The fourth-order valence-electron chi connectivity index (χ4n) is 2.38. The molecule has 21 heavy (non-hydrogen) atoms. The number of anilines is 1. The molecule has 1 fully saturated rings. The van der Waals surface area contributed by atoms with E-state index in [1.54, 1.807) is 24.4 Å². The summed E-state index contributed by atoms with van der Waals surface area (Å²) in [5.41, 5.74) is 1.38. The fourth-order valence-corrected chi connectivity index (χ4v) is 2.38. The summed E-state index contributed by atoms with van der Waals surface area (Å²) < 4.78 is 0. The minimum atomic E-state index is -0.639. The predicted octanol–water partition coefficient (Wildman–Crippen LogP) is 1.95. The number of rotatable bonds is 3.